The minimum Gasteiger partial charge on any atom is -0.489 e. The second-order valence-corrected chi connectivity index (χ2v) is 9.98. The Balaban J connectivity index is 1.45. The summed E-state index contributed by atoms with van der Waals surface area (Å²) in [6.07, 6.45) is 3.64. The second-order valence-electron chi connectivity index (χ2n) is 9.98. The van der Waals surface area contributed by atoms with Crippen LogP contribution in [0.1, 0.15) is 54.6 Å². The number of ether oxygens (including phenoxy) is 2. The van der Waals surface area contributed by atoms with Crippen molar-refractivity contribution in [3.63, 3.8) is 0 Å². The molecule has 194 valence electrons. The molecule has 1 aliphatic heterocycles. The summed E-state index contributed by atoms with van der Waals surface area (Å²) in [4.78, 5) is 32.2. The first-order chi connectivity index (χ1) is 17.2. The van der Waals surface area contributed by atoms with Gasteiger partial charge in [0.1, 0.15) is 23.9 Å². The van der Waals surface area contributed by atoms with E-state index in [4.69, 9.17) is 15.2 Å². The summed E-state index contributed by atoms with van der Waals surface area (Å²) in [6, 6.07) is 10.5. The van der Waals surface area contributed by atoms with Crippen LogP contribution in [0.5, 0.6) is 5.75 Å². The summed E-state index contributed by atoms with van der Waals surface area (Å²) in [5, 5.41) is 9.41. The summed E-state index contributed by atoms with van der Waals surface area (Å²) in [5.41, 5.74) is 10.8. The van der Waals surface area contributed by atoms with E-state index in [2.05, 4.69) is 4.98 Å². The quantitative estimate of drug-likeness (QED) is 0.379. The van der Waals surface area contributed by atoms with Crippen molar-refractivity contribution in [3.05, 3.63) is 58.9 Å². The normalized spacial score (nSPS) is 25.0. The fraction of sp³-hybridized carbons (Fsp3) is 0.519. The van der Waals surface area contributed by atoms with Crippen LogP contribution in [0, 0.1) is 19.8 Å². The molecule has 1 aromatic carbocycles. The predicted octanol–water partition coefficient (Wildman–Crippen LogP) is 2.74. The van der Waals surface area contributed by atoms with Gasteiger partial charge in [0.2, 0.25) is 5.91 Å². The average Bonchev–Trinajstić information content (AvgIpc) is 3.18. The molecule has 2 aromatic rings. The Morgan fingerprint density at radius 3 is 2.42 bits per heavy atom. The lowest BCUT2D eigenvalue weighted by atomic mass is 9.81. The number of hydrogen-bond acceptors (Lipinski definition) is 7. The molecule has 2 amide bonds. The van der Waals surface area contributed by atoms with Gasteiger partial charge in [-0.25, -0.2) is 5.48 Å². The zero-order valence-corrected chi connectivity index (χ0v) is 21.2. The van der Waals surface area contributed by atoms with Gasteiger partial charge < -0.3 is 20.1 Å². The molecule has 4 rings (SSSR count). The number of nitrogens with two attached hydrogens (primary N) is 1. The number of pyridine rings is 1. The number of aryl methyl sites for hydroxylation is 2. The van der Waals surface area contributed by atoms with Crippen molar-refractivity contribution in [1.29, 1.82) is 0 Å². The topological polar surface area (TPSA) is 127 Å². The number of amides is 2. The van der Waals surface area contributed by atoms with E-state index in [0.29, 0.717) is 30.9 Å². The highest BCUT2D eigenvalue weighted by Gasteiger charge is 2.50. The summed E-state index contributed by atoms with van der Waals surface area (Å²) in [6.45, 7) is 4.66. The molecule has 1 aromatic heterocycles. The van der Waals surface area contributed by atoms with Gasteiger partial charge >= 0.3 is 0 Å². The summed E-state index contributed by atoms with van der Waals surface area (Å²) < 4.78 is 11.4. The zero-order chi connectivity index (χ0) is 25.9. The zero-order valence-electron chi connectivity index (χ0n) is 21.2. The number of benzene rings is 1. The van der Waals surface area contributed by atoms with Gasteiger partial charge in [-0.15, -0.1) is 0 Å². The summed E-state index contributed by atoms with van der Waals surface area (Å²) in [5.74, 6) is -0.268. The molecule has 0 radical (unpaired) electrons. The molecule has 2 heterocycles. The maximum atomic E-state index is 13.6. The van der Waals surface area contributed by atoms with E-state index in [0.717, 1.165) is 42.6 Å². The number of aromatic nitrogens is 1. The van der Waals surface area contributed by atoms with Crippen molar-refractivity contribution in [2.75, 3.05) is 13.7 Å². The molecule has 9 nitrogen and oxygen atoms in total. The SMILES string of the molecule is COC1CCC(C(C(=O)NO)N2CCC(N)(c3ccc(OCc4cc(C)nc(C)c4)cc3)C2=O)CC1. The Hall–Kier alpha value is -3.01. The van der Waals surface area contributed by atoms with E-state index in [1.54, 1.807) is 17.5 Å². The number of nitrogens with one attached hydrogen (secondary N) is 1. The molecule has 4 N–H and O–H groups in total. The lowest BCUT2D eigenvalue weighted by Gasteiger charge is -2.37. The maximum Gasteiger partial charge on any atom is 0.266 e. The van der Waals surface area contributed by atoms with Crippen molar-refractivity contribution in [3.8, 4) is 5.75 Å². The van der Waals surface area contributed by atoms with Gasteiger partial charge in [0.25, 0.3) is 5.91 Å². The molecule has 2 fully saturated rings. The number of carbonyl (C=O) groups excluding carboxylic acids is 2. The molecule has 2 unspecified atom stereocenters. The molecule has 36 heavy (non-hydrogen) atoms. The van der Waals surface area contributed by atoms with Crippen LogP contribution >= 0.6 is 0 Å². The molecular weight excluding hydrogens is 460 g/mol. The predicted molar refractivity (Wildman–Crippen MR) is 133 cm³/mol. The fourth-order valence-electron chi connectivity index (χ4n) is 5.63. The van der Waals surface area contributed by atoms with Crippen LogP contribution in [-0.4, -0.2) is 52.7 Å². The Labute approximate surface area is 211 Å². The number of hydroxylamine groups is 1. The van der Waals surface area contributed by atoms with Crippen LogP contribution in [0.4, 0.5) is 0 Å². The smallest absolute Gasteiger partial charge is 0.266 e. The highest BCUT2D eigenvalue weighted by Crippen LogP contribution is 2.37. The van der Waals surface area contributed by atoms with Gasteiger partial charge in [0.15, 0.2) is 0 Å². The van der Waals surface area contributed by atoms with E-state index in [9.17, 15) is 14.8 Å². The first kappa shape index (κ1) is 26.1. The minimum atomic E-state index is -1.24. The van der Waals surface area contributed by atoms with Crippen molar-refractivity contribution < 1.29 is 24.3 Å². The highest BCUT2D eigenvalue weighted by atomic mass is 16.5. The molecule has 1 aliphatic carbocycles. The van der Waals surface area contributed by atoms with E-state index in [-0.39, 0.29) is 17.9 Å². The van der Waals surface area contributed by atoms with E-state index >= 15 is 0 Å². The molecule has 0 spiro atoms. The number of hydrogen-bond donors (Lipinski definition) is 3. The van der Waals surface area contributed by atoms with Gasteiger partial charge in [-0.3, -0.25) is 19.8 Å². The molecule has 1 saturated carbocycles. The Morgan fingerprint density at radius 1 is 1.19 bits per heavy atom. The molecule has 9 heteroatoms. The van der Waals surface area contributed by atoms with Gasteiger partial charge in [-0.2, -0.15) is 0 Å². The third-order valence-electron chi connectivity index (χ3n) is 7.52. The van der Waals surface area contributed by atoms with Crippen LogP contribution < -0.4 is 16.0 Å². The van der Waals surface area contributed by atoms with Crippen molar-refractivity contribution in [2.24, 2.45) is 11.7 Å². The number of methoxy groups -OCH3 is 1. The Morgan fingerprint density at radius 2 is 1.83 bits per heavy atom. The van der Waals surface area contributed by atoms with Crippen molar-refractivity contribution >= 4 is 11.8 Å². The van der Waals surface area contributed by atoms with Gasteiger partial charge in [-0.1, -0.05) is 12.1 Å². The number of likely N-dealkylation sites (tertiary alicyclic amines) is 1. The first-order valence-corrected chi connectivity index (χ1v) is 12.5. The fourth-order valence-corrected chi connectivity index (χ4v) is 5.63. The Bertz CT molecular complexity index is 1060. The lowest BCUT2D eigenvalue weighted by molar-refractivity contribution is -0.147. The monoisotopic (exact) mass is 496 g/mol. The molecule has 2 aliphatic rings. The molecule has 0 bridgehead atoms. The van der Waals surface area contributed by atoms with E-state index < -0.39 is 17.5 Å². The van der Waals surface area contributed by atoms with Gasteiger partial charge in [-0.05, 0) is 87.3 Å². The van der Waals surface area contributed by atoms with Crippen LogP contribution in [0.2, 0.25) is 0 Å². The molecular formula is C27H36N4O5. The van der Waals surface area contributed by atoms with Crippen LogP contribution in [-0.2, 0) is 26.5 Å². The summed E-state index contributed by atoms with van der Waals surface area (Å²) >= 11 is 0. The summed E-state index contributed by atoms with van der Waals surface area (Å²) in [7, 11) is 1.69. The van der Waals surface area contributed by atoms with Gasteiger partial charge in [0.05, 0.1) is 6.10 Å². The third-order valence-corrected chi connectivity index (χ3v) is 7.52. The van der Waals surface area contributed by atoms with Crippen molar-refractivity contribution in [1.82, 2.24) is 15.4 Å². The number of carbonyl (C=O) groups is 2. The largest absolute Gasteiger partial charge is 0.489 e. The minimum absolute atomic E-state index is 0.0638. The molecule has 1 saturated heterocycles. The van der Waals surface area contributed by atoms with Gasteiger partial charge in [0, 0.05) is 25.0 Å². The second kappa shape index (κ2) is 10.9. The van der Waals surface area contributed by atoms with E-state index in [1.807, 2.05) is 50.2 Å². The van der Waals surface area contributed by atoms with Crippen LogP contribution in [0.25, 0.3) is 0 Å². The first-order valence-electron chi connectivity index (χ1n) is 12.5. The maximum absolute atomic E-state index is 13.6. The van der Waals surface area contributed by atoms with Crippen molar-refractivity contribution in [2.45, 2.75) is 70.2 Å². The highest BCUT2D eigenvalue weighted by molar-refractivity contribution is 5.94. The standard InChI is InChI=1S/C27H36N4O5/c1-17-14-19(15-18(2)29-17)16-36-23-10-6-21(7-11-23)27(28)12-13-31(26(27)33)24(25(32)30-34)20-4-8-22(35-3)9-5-20/h6-7,10-11,14-15,20,22,24,34H,4-5,8-9,12-13,16,28H2,1-3H3,(H,30,32). The number of nitrogens with zero attached hydrogens (tertiary/aromatic N) is 2. The third kappa shape index (κ3) is 5.38. The number of rotatable bonds is 8. The average molecular weight is 497 g/mol. The van der Waals surface area contributed by atoms with Crippen LogP contribution in [0.3, 0.4) is 0 Å². The van der Waals surface area contributed by atoms with Crippen LogP contribution in [0.15, 0.2) is 36.4 Å². The lowest BCUT2D eigenvalue weighted by Crippen LogP contribution is -2.55. The Kier molecular flexibility index (Phi) is 7.92. The molecule has 2 atom stereocenters. The van der Waals surface area contributed by atoms with E-state index in [1.165, 1.54) is 0 Å².